The molecule has 0 spiro atoms. The Morgan fingerprint density at radius 2 is 0.729 bits per heavy atom. The fourth-order valence-electron chi connectivity index (χ4n) is 6.78. The van der Waals surface area contributed by atoms with Gasteiger partial charge < -0.3 is 0 Å². The average Bonchev–Trinajstić information content (AvgIpc) is 3.18. The maximum absolute atomic E-state index is 5.12. The smallest absolute Gasteiger partial charge is 0.160 e. The third-order valence-electron chi connectivity index (χ3n) is 9.19. The van der Waals surface area contributed by atoms with Gasteiger partial charge >= 0.3 is 0 Å². The summed E-state index contributed by atoms with van der Waals surface area (Å²) in [6.45, 7) is 0. The van der Waals surface area contributed by atoms with Crippen molar-refractivity contribution in [3.05, 3.63) is 176 Å². The summed E-state index contributed by atoms with van der Waals surface area (Å²) in [7, 11) is 0. The number of fused-ring (bicyclic) bond motifs is 6. The van der Waals surface area contributed by atoms with Crippen molar-refractivity contribution < 1.29 is 0 Å². The largest absolute Gasteiger partial charge is 0.265 e. The van der Waals surface area contributed by atoms with Crippen LogP contribution in [0.4, 0.5) is 0 Å². The van der Waals surface area contributed by atoms with E-state index in [0.717, 1.165) is 39.2 Å². The molecule has 3 heteroatoms. The molecule has 0 aliphatic heterocycles. The molecule has 2 heterocycles. The standard InChI is InChI=1S/C45H29N3/c1-2-9-32(10-3-1)43-29-44(48-45(47-43)36-12-8-11-34(27-36)31-23-25-46-26-24-31)33-19-17-30(18-20-33)35-21-22-41-39-15-5-4-13-37(39)38-14-6-7-16-40(38)42(41)28-35/h1-29H. The lowest BCUT2D eigenvalue weighted by molar-refractivity contribution is 1.18. The second kappa shape index (κ2) is 11.7. The van der Waals surface area contributed by atoms with Gasteiger partial charge in [-0.2, -0.15) is 0 Å². The molecule has 0 amide bonds. The van der Waals surface area contributed by atoms with Crippen LogP contribution in [-0.2, 0) is 0 Å². The van der Waals surface area contributed by atoms with Crippen molar-refractivity contribution in [3.8, 4) is 56.2 Å². The van der Waals surface area contributed by atoms with Gasteiger partial charge in [0, 0.05) is 29.1 Å². The van der Waals surface area contributed by atoms with Gasteiger partial charge in [0.2, 0.25) is 0 Å². The van der Waals surface area contributed by atoms with Crippen LogP contribution in [0.3, 0.4) is 0 Å². The third-order valence-corrected chi connectivity index (χ3v) is 9.19. The Morgan fingerprint density at radius 1 is 0.271 bits per heavy atom. The number of aromatic nitrogens is 3. The molecule has 9 rings (SSSR count). The van der Waals surface area contributed by atoms with Gasteiger partial charge in [0.05, 0.1) is 11.4 Å². The second-order valence-corrected chi connectivity index (χ2v) is 12.1. The molecule has 48 heavy (non-hydrogen) atoms. The van der Waals surface area contributed by atoms with Crippen LogP contribution >= 0.6 is 0 Å². The first kappa shape index (κ1) is 27.8. The van der Waals surface area contributed by atoms with Gasteiger partial charge in [-0.05, 0) is 84.9 Å². The number of benzene rings is 7. The first-order valence-electron chi connectivity index (χ1n) is 16.2. The molecule has 0 atom stereocenters. The van der Waals surface area contributed by atoms with Crippen molar-refractivity contribution in [1.82, 2.24) is 15.0 Å². The van der Waals surface area contributed by atoms with Gasteiger partial charge in [0.15, 0.2) is 5.82 Å². The van der Waals surface area contributed by atoms with Gasteiger partial charge in [0.1, 0.15) is 0 Å². The molecule has 0 aliphatic rings. The first-order chi connectivity index (χ1) is 23.8. The SMILES string of the molecule is c1ccc(-c2cc(-c3ccc(-c4ccc5c6ccccc6c6ccccc6c5c4)cc3)nc(-c3cccc(-c4ccncc4)c3)n2)cc1. The van der Waals surface area contributed by atoms with E-state index in [9.17, 15) is 0 Å². The Labute approximate surface area is 278 Å². The van der Waals surface area contributed by atoms with Crippen LogP contribution in [0.25, 0.3) is 88.5 Å². The van der Waals surface area contributed by atoms with E-state index in [1.807, 2.05) is 42.7 Å². The molecule has 0 aliphatic carbocycles. The summed E-state index contributed by atoms with van der Waals surface area (Å²) in [6.07, 6.45) is 3.64. The molecule has 0 radical (unpaired) electrons. The van der Waals surface area contributed by atoms with E-state index in [4.69, 9.17) is 9.97 Å². The highest BCUT2D eigenvalue weighted by molar-refractivity contribution is 6.25. The average molecular weight is 612 g/mol. The van der Waals surface area contributed by atoms with Crippen molar-refractivity contribution in [2.45, 2.75) is 0 Å². The van der Waals surface area contributed by atoms with Crippen LogP contribution in [0.2, 0.25) is 0 Å². The predicted octanol–water partition coefficient (Wildman–Crippen LogP) is 11.7. The number of nitrogens with zero attached hydrogens (tertiary/aromatic N) is 3. The molecule has 9 aromatic rings. The highest BCUT2D eigenvalue weighted by Crippen LogP contribution is 2.37. The minimum Gasteiger partial charge on any atom is -0.265 e. The van der Waals surface area contributed by atoms with E-state index >= 15 is 0 Å². The Kier molecular flexibility index (Phi) is 6.80. The van der Waals surface area contributed by atoms with E-state index < -0.39 is 0 Å². The summed E-state index contributed by atoms with van der Waals surface area (Å²) >= 11 is 0. The van der Waals surface area contributed by atoms with Crippen LogP contribution in [-0.4, -0.2) is 15.0 Å². The summed E-state index contributed by atoms with van der Waals surface area (Å²) in [5.74, 6) is 0.694. The van der Waals surface area contributed by atoms with Crippen molar-refractivity contribution in [2.24, 2.45) is 0 Å². The van der Waals surface area contributed by atoms with Gasteiger partial charge in [-0.25, -0.2) is 9.97 Å². The maximum atomic E-state index is 5.12. The molecule has 224 valence electrons. The fourth-order valence-corrected chi connectivity index (χ4v) is 6.78. The molecule has 0 N–H and O–H groups in total. The summed E-state index contributed by atoms with van der Waals surface area (Å²) in [4.78, 5) is 14.3. The Bertz CT molecular complexity index is 2560. The van der Waals surface area contributed by atoms with E-state index in [-0.39, 0.29) is 0 Å². The molecular formula is C45H29N3. The molecule has 0 saturated carbocycles. The minimum atomic E-state index is 0.694. The lowest BCUT2D eigenvalue weighted by Crippen LogP contribution is -1.96. The molecule has 0 unspecified atom stereocenters. The minimum absolute atomic E-state index is 0.694. The zero-order chi connectivity index (χ0) is 31.9. The van der Waals surface area contributed by atoms with Crippen molar-refractivity contribution in [1.29, 1.82) is 0 Å². The van der Waals surface area contributed by atoms with Gasteiger partial charge in [-0.15, -0.1) is 0 Å². The quantitative estimate of drug-likeness (QED) is 0.182. The van der Waals surface area contributed by atoms with Gasteiger partial charge in [0.25, 0.3) is 0 Å². The number of hydrogen-bond acceptors (Lipinski definition) is 3. The molecule has 3 nitrogen and oxygen atoms in total. The highest BCUT2D eigenvalue weighted by Gasteiger charge is 2.13. The Hall–Kier alpha value is -6.45. The van der Waals surface area contributed by atoms with Crippen molar-refractivity contribution >= 4 is 32.3 Å². The summed E-state index contributed by atoms with van der Waals surface area (Å²) in [6, 6.07) is 57.9. The first-order valence-corrected chi connectivity index (χ1v) is 16.2. The van der Waals surface area contributed by atoms with Crippen LogP contribution < -0.4 is 0 Å². The highest BCUT2D eigenvalue weighted by atomic mass is 14.9. The monoisotopic (exact) mass is 611 g/mol. The van der Waals surface area contributed by atoms with Crippen LogP contribution in [0, 0.1) is 0 Å². The second-order valence-electron chi connectivity index (χ2n) is 12.1. The Morgan fingerprint density at radius 3 is 1.40 bits per heavy atom. The fraction of sp³-hybridized carbons (Fsp3) is 0. The van der Waals surface area contributed by atoms with Gasteiger partial charge in [-0.1, -0.05) is 133 Å². The maximum Gasteiger partial charge on any atom is 0.160 e. The van der Waals surface area contributed by atoms with Gasteiger partial charge in [-0.3, -0.25) is 4.98 Å². The third kappa shape index (κ3) is 4.99. The normalized spacial score (nSPS) is 11.3. The lowest BCUT2D eigenvalue weighted by atomic mass is 9.92. The zero-order valence-corrected chi connectivity index (χ0v) is 26.1. The lowest BCUT2D eigenvalue weighted by Gasteiger charge is -2.13. The van der Waals surface area contributed by atoms with Crippen LogP contribution in [0.1, 0.15) is 0 Å². The van der Waals surface area contributed by atoms with Crippen LogP contribution in [0.15, 0.2) is 176 Å². The van der Waals surface area contributed by atoms with E-state index in [1.54, 1.807) is 0 Å². The number of hydrogen-bond donors (Lipinski definition) is 0. The topological polar surface area (TPSA) is 38.7 Å². The van der Waals surface area contributed by atoms with Crippen molar-refractivity contribution in [2.75, 3.05) is 0 Å². The summed E-state index contributed by atoms with van der Waals surface area (Å²) in [5.41, 5.74) is 9.41. The molecular weight excluding hydrogens is 583 g/mol. The Balaban J connectivity index is 1.14. The van der Waals surface area contributed by atoms with Crippen molar-refractivity contribution in [3.63, 3.8) is 0 Å². The van der Waals surface area contributed by atoms with E-state index in [2.05, 4.69) is 138 Å². The van der Waals surface area contributed by atoms with E-state index in [1.165, 1.54) is 43.4 Å². The molecule has 7 aromatic carbocycles. The number of pyridine rings is 1. The number of rotatable bonds is 5. The molecule has 0 saturated heterocycles. The summed E-state index contributed by atoms with van der Waals surface area (Å²) < 4.78 is 0. The predicted molar refractivity (Wildman–Crippen MR) is 200 cm³/mol. The van der Waals surface area contributed by atoms with Crippen LogP contribution in [0.5, 0.6) is 0 Å². The molecule has 0 fully saturated rings. The zero-order valence-electron chi connectivity index (χ0n) is 26.1. The molecule has 2 aromatic heterocycles. The summed E-state index contributed by atoms with van der Waals surface area (Å²) in [5, 5.41) is 7.69. The van der Waals surface area contributed by atoms with E-state index in [0.29, 0.717) is 5.82 Å². The molecule has 0 bridgehead atoms.